The molecule has 0 atom stereocenters. The van der Waals surface area contributed by atoms with Gasteiger partial charge in [-0.1, -0.05) is 43.7 Å². The van der Waals surface area contributed by atoms with E-state index in [1.54, 1.807) is 11.8 Å². The number of benzene rings is 1. The van der Waals surface area contributed by atoms with Crippen molar-refractivity contribution in [2.45, 2.75) is 26.4 Å². The molecule has 1 N–H and O–H groups in total. The van der Waals surface area contributed by atoms with Gasteiger partial charge in [0.2, 0.25) is 0 Å². The fourth-order valence-corrected chi connectivity index (χ4v) is 2.10. The van der Waals surface area contributed by atoms with Crippen molar-refractivity contribution < 1.29 is 9.63 Å². The SMILES string of the molecule is CCCCSCC(=O)NOCc1ccccc1. The highest BCUT2D eigenvalue weighted by atomic mass is 32.2. The van der Waals surface area contributed by atoms with E-state index in [1.165, 1.54) is 6.42 Å². The van der Waals surface area contributed by atoms with E-state index in [1.807, 2.05) is 30.3 Å². The van der Waals surface area contributed by atoms with Gasteiger partial charge in [-0.2, -0.15) is 11.8 Å². The summed E-state index contributed by atoms with van der Waals surface area (Å²) in [6.45, 7) is 2.55. The lowest BCUT2D eigenvalue weighted by molar-refractivity contribution is -0.131. The van der Waals surface area contributed by atoms with E-state index in [2.05, 4.69) is 12.4 Å². The average Bonchev–Trinajstić information content (AvgIpc) is 2.36. The number of amides is 1. The number of rotatable bonds is 8. The molecule has 1 aromatic carbocycles. The van der Waals surface area contributed by atoms with Gasteiger partial charge < -0.3 is 0 Å². The largest absolute Gasteiger partial charge is 0.272 e. The van der Waals surface area contributed by atoms with Crippen LogP contribution in [-0.4, -0.2) is 17.4 Å². The van der Waals surface area contributed by atoms with E-state index < -0.39 is 0 Å². The topological polar surface area (TPSA) is 38.3 Å². The zero-order valence-corrected chi connectivity index (χ0v) is 11.0. The summed E-state index contributed by atoms with van der Waals surface area (Å²) in [6.07, 6.45) is 2.32. The van der Waals surface area contributed by atoms with Crippen LogP contribution < -0.4 is 5.48 Å². The van der Waals surface area contributed by atoms with Gasteiger partial charge in [0.1, 0.15) is 0 Å². The zero-order chi connectivity index (χ0) is 12.3. The normalized spacial score (nSPS) is 10.2. The number of thioether (sulfide) groups is 1. The summed E-state index contributed by atoms with van der Waals surface area (Å²) in [5.74, 6) is 1.43. The van der Waals surface area contributed by atoms with Crippen LogP contribution >= 0.6 is 11.8 Å². The minimum Gasteiger partial charge on any atom is -0.272 e. The van der Waals surface area contributed by atoms with E-state index in [9.17, 15) is 4.79 Å². The Balaban J connectivity index is 2.04. The van der Waals surface area contributed by atoms with Crippen molar-refractivity contribution in [2.24, 2.45) is 0 Å². The highest BCUT2D eigenvalue weighted by molar-refractivity contribution is 7.99. The number of unbranched alkanes of at least 4 members (excludes halogenated alkanes) is 1. The van der Waals surface area contributed by atoms with Crippen molar-refractivity contribution in [3.05, 3.63) is 35.9 Å². The van der Waals surface area contributed by atoms with Crippen molar-refractivity contribution in [3.8, 4) is 0 Å². The third-order valence-electron chi connectivity index (χ3n) is 2.14. The Morgan fingerprint density at radius 2 is 2.12 bits per heavy atom. The van der Waals surface area contributed by atoms with Gasteiger partial charge in [-0.3, -0.25) is 9.63 Å². The number of nitrogens with one attached hydrogen (secondary N) is 1. The molecule has 0 aliphatic rings. The molecule has 0 radical (unpaired) electrons. The maximum absolute atomic E-state index is 11.3. The lowest BCUT2D eigenvalue weighted by Gasteiger charge is -2.05. The molecule has 17 heavy (non-hydrogen) atoms. The molecule has 1 amide bonds. The fraction of sp³-hybridized carbons (Fsp3) is 0.462. The first kappa shape index (κ1) is 14.1. The molecule has 1 rings (SSSR count). The van der Waals surface area contributed by atoms with Gasteiger partial charge in [0.05, 0.1) is 12.4 Å². The van der Waals surface area contributed by atoms with Gasteiger partial charge in [0.25, 0.3) is 5.91 Å². The van der Waals surface area contributed by atoms with Crippen molar-refractivity contribution in [1.29, 1.82) is 0 Å². The Bertz CT molecular complexity index is 316. The van der Waals surface area contributed by atoms with Gasteiger partial charge in [-0.15, -0.1) is 0 Å². The molecule has 0 fully saturated rings. The van der Waals surface area contributed by atoms with Crippen LogP contribution in [-0.2, 0) is 16.2 Å². The fourth-order valence-electron chi connectivity index (χ4n) is 1.21. The molecule has 0 heterocycles. The quantitative estimate of drug-likeness (QED) is 0.572. The lowest BCUT2D eigenvalue weighted by atomic mass is 10.2. The molecule has 0 unspecified atom stereocenters. The van der Waals surface area contributed by atoms with Crippen LogP contribution in [0.2, 0.25) is 0 Å². The Morgan fingerprint density at radius 1 is 1.35 bits per heavy atom. The molecular weight excluding hydrogens is 234 g/mol. The molecule has 0 saturated carbocycles. The summed E-state index contributed by atoms with van der Waals surface area (Å²) < 4.78 is 0. The summed E-state index contributed by atoms with van der Waals surface area (Å²) in [5.41, 5.74) is 3.50. The van der Waals surface area contributed by atoms with E-state index in [-0.39, 0.29) is 5.91 Å². The molecule has 3 nitrogen and oxygen atoms in total. The maximum Gasteiger partial charge on any atom is 0.253 e. The molecule has 1 aromatic rings. The van der Waals surface area contributed by atoms with Crippen LogP contribution in [0.5, 0.6) is 0 Å². The number of hydroxylamine groups is 1. The van der Waals surface area contributed by atoms with Crippen molar-refractivity contribution in [1.82, 2.24) is 5.48 Å². The van der Waals surface area contributed by atoms with Crippen LogP contribution in [0.15, 0.2) is 30.3 Å². The van der Waals surface area contributed by atoms with E-state index in [4.69, 9.17) is 4.84 Å². The average molecular weight is 253 g/mol. The van der Waals surface area contributed by atoms with Crippen LogP contribution in [0.3, 0.4) is 0 Å². The van der Waals surface area contributed by atoms with Gasteiger partial charge in [0, 0.05) is 0 Å². The molecule has 94 valence electrons. The Kier molecular flexibility index (Phi) is 7.51. The second-order valence-electron chi connectivity index (χ2n) is 3.71. The standard InChI is InChI=1S/C13H19NO2S/c1-2-3-9-17-11-13(15)14-16-10-12-7-5-4-6-8-12/h4-8H,2-3,9-11H2,1H3,(H,14,15). The van der Waals surface area contributed by atoms with Gasteiger partial charge in [-0.05, 0) is 17.7 Å². The van der Waals surface area contributed by atoms with Gasteiger partial charge >= 0.3 is 0 Å². The highest BCUT2D eigenvalue weighted by Crippen LogP contribution is 2.04. The van der Waals surface area contributed by atoms with Crippen molar-refractivity contribution >= 4 is 17.7 Å². The van der Waals surface area contributed by atoms with Crippen LogP contribution in [0.25, 0.3) is 0 Å². The van der Waals surface area contributed by atoms with Gasteiger partial charge in [-0.25, -0.2) is 5.48 Å². The second kappa shape index (κ2) is 9.07. The first-order valence-electron chi connectivity index (χ1n) is 5.85. The summed E-state index contributed by atoms with van der Waals surface area (Å²) in [5, 5.41) is 0. The van der Waals surface area contributed by atoms with Crippen LogP contribution in [0.4, 0.5) is 0 Å². The summed E-state index contributed by atoms with van der Waals surface area (Å²) in [4.78, 5) is 16.5. The predicted octanol–water partition coefficient (Wildman–Crippen LogP) is 2.77. The highest BCUT2D eigenvalue weighted by Gasteiger charge is 2.00. The lowest BCUT2D eigenvalue weighted by Crippen LogP contribution is -2.25. The van der Waals surface area contributed by atoms with Crippen molar-refractivity contribution in [2.75, 3.05) is 11.5 Å². The molecule has 0 spiro atoms. The molecule has 0 bridgehead atoms. The Hall–Kier alpha value is -1.00. The molecule has 0 saturated heterocycles. The second-order valence-corrected chi connectivity index (χ2v) is 4.81. The third-order valence-corrected chi connectivity index (χ3v) is 3.19. The minimum atomic E-state index is -0.0676. The molecular formula is C13H19NO2S. The van der Waals surface area contributed by atoms with Crippen LogP contribution in [0.1, 0.15) is 25.3 Å². The number of carbonyl (C=O) groups excluding carboxylic acids is 1. The molecule has 0 aliphatic heterocycles. The summed E-state index contributed by atoms with van der Waals surface area (Å²) >= 11 is 1.64. The summed E-state index contributed by atoms with van der Waals surface area (Å²) in [7, 11) is 0. The molecule has 0 aromatic heterocycles. The Morgan fingerprint density at radius 3 is 2.82 bits per heavy atom. The van der Waals surface area contributed by atoms with E-state index in [0.717, 1.165) is 17.7 Å². The van der Waals surface area contributed by atoms with E-state index in [0.29, 0.717) is 12.4 Å². The smallest absolute Gasteiger partial charge is 0.253 e. The van der Waals surface area contributed by atoms with E-state index >= 15 is 0 Å². The third kappa shape index (κ3) is 7.02. The van der Waals surface area contributed by atoms with Crippen LogP contribution in [0, 0.1) is 0 Å². The number of hydrogen-bond donors (Lipinski definition) is 1. The Labute approximate surface area is 107 Å². The predicted molar refractivity (Wildman–Crippen MR) is 71.6 cm³/mol. The maximum atomic E-state index is 11.3. The monoisotopic (exact) mass is 253 g/mol. The number of carbonyl (C=O) groups is 1. The first-order chi connectivity index (χ1) is 8.33. The first-order valence-corrected chi connectivity index (χ1v) is 7.00. The zero-order valence-electron chi connectivity index (χ0n) is 10.1. The summed E-state index contributed by atoms with van der Waals surface area (Å²) in [6, 6.07) is 9.76. The minimum absolute atomic E-state index is 0.0676. The van der Waals surface area contributed by atoms with Gasteiger partial charge in [0.15, 0.2) is 0 Å². The molecule has 4 heteroatoms. The number of hydrogen-bond acceptors (Lipinski definition) is 3. The molecule has 0 aliphatic carbocycles. The van der Waals surface area contributed by atoms with Crippen molar-refractivity contribution in [3.63, 3.8) is 0 Å².